The number of nitrogens with two attached hydrogens (primary N) is 1. The van der Waals surface area contributed by atoms with E-state index in [0.717, 1.165) is 25.7 Å². The average molecular weight is 346 g/mol. The molecule has 1 aromatic rings. The van der Waals surface area contributed by atoms with Gasteiger partial charge in [0.2, 0.25) is 5.91 Å². The molecule has 3 amide bonds. The third kappa shape index (κ3) is 3.74. The Kier molecular flexibility index (Phi) is 4.89. The lowest BCUT2D eigenvalue weighted by Gasteiger charge is -2.29. The van der Waals surface area contributed by atoms with E-state index < -0.39 is 6.09 Å². The zero-order chi connectivity index (χ0) is 18.0. The van der Waals surface area contributed by atoms with Gasteiger partial charge in [-0.3, -0.25) is 14.5 Å². The normalized spacial score (nSPS) is 22.6. The van der Waals surface area contributed by atoms with Gasteiger partial charge < -0.3 is 21.1 Å². The largest absolute Gasteiger partial charge is 0.452 e. The molecular formula is C17H22N4O4. The van der Waals surface area contributed by atoms with E-state index in [-0.39, 0.29) is 30.4 Å². The van der Waals surface area contributed by atoms with Crippen molar-refractivity contribution in [3.05, 3.63) is 23.8 Å². The van der Waals surface area contributed by atoms with Gasteiger partial charge in [0, 0.05) is 17.6 Å². The number of rotatable bonds is 2. The topological polar surface area (TPSA) is 114 Å². The van der Waals surface area contributed by atoms with Crippen LogP contribution in [-0.2, 0) is 9.53 Å². The lowest BCUT2D eigenvalue weighted by atomic mass is 9.91. The number of nitrogens with zero attached hydrogens (tertiary/aromatic N) is 1. The number of carbonyl (C=O) groups is 3. The molecule has 25 heavy (non-hydrogen) atoms. The number of fused-ring (bicyclic) bond motifs is 1. The first kappa shape index (κ1) is 17.2. The molecule has 4 N–H and O–H groups in total. The average Bonchev–Trinajstić information content (AvgIpc) is 2.61. The molecule has 1 saturated carbocycles. The van der Waals surface area contributed by atoms with Crippen LogP contribution in [0.4, 0.5) is 16.2 Å². The Morgan fingerprint density at radius 2 is 2.00 bits per heavy atom. The molecule has 0 unspecified atom stereocenters. The summed E-state index contributed by atoms with van der Waals surface area (Å²) in [5, 5.41) is 5.70. The highest BCUT2D eigenvalue weighted by Gasteiger charge is 2.28. The maximum absolute atomic E-state index is 12.5. The molecule has 8 heteroatoms. The van der Waals surface area contributed by atoms with Crippen LogP contribution in [0, 0.1) is 0 Å². The molecule has 1 aliphatic heterocycles. The van der Waals surface area contributed by atoms with E-state index in [4.69, 9.17) is 10.5 Å². The summed E-state index contributed by atoms with van der Waals surface area (Å²) in [7, 11) is 1.26. The fraction of sp³-hybridized carbons (Fsp3) is 0.471. The highest BCUT2D eigenvalue weighted by atomic mass is 16.5. The molecule has 3 rings (SSSR count). The second-order valence-corrected chi connectivity index (χ2v) is 6.42. The van der Waals surface area contributed by atoms with Gasteiger partial charge in [-0.25, -0.2) is 4.79 Å². The van der Waals surface area contributed by atoms with Crippen LogP contribution in [0.2, 0.25) is 0 Å². The van der Waals surface area contributed by atoms with Crippen molar-refractivity contribution in [2.45, 2.75) is 37.8 Å². The molecule has 134 valence electrons. The molecule has 0 saturated heterocycles. The Balaban J connectivity index is 1.76. The molecule has 1 fully saturated rings. The number of methoxy groups -OCH3 is 1. The van der Waals surface area contributed by atoms with Crippen LogP contribution in [0.1, 0.15) is 36.0 Å². The zero-order valence-corrected chi connectivity index (χ0v) is 14.1. The molecule has 1 aromatic carbocycles. The van der Waals surface area contributed by atoms with Crippen LogP contribution in [0.5, 0.6) is 0 Å². The van der Waals surface area contributed by atoms with Crippen molar-refractivity contribution in [2.24, 2.45) is 5.73 Å². The van der Waals surface area contributed by atoms with E-state index in [0.29, 0.717) is 16.9 Å². The Morgan fingerprint density at radius 3 is 2.68 bits per heavy atom. The van der Waals surface area contributed by atoms with Gasteiger partial charge in [-0.2, -0.15) is 0 Å². The summed E-state index contributed by atoms with van der Waals surface area (Å²) < 4.78 is 4.70. The van der Waals surface area contributed by atoms with E-state index >= 15 is 0 Å². The summed E-state index contributed by atoms with van der Waals surface area (Å²) in [5.41, 5.74) is 7.24. The monoisotopic (exact) mass is 346 g/mol. The van der Waals surface area contributed by atoms with Crippen LogP contribution in [0.3, 0.4) is 0 Å². The molecule has 0 radical (unpaired) electrons. The summed E-state index contributed by atoms with van der Waals surface area (Å²) in [6.45, 7) is -0.118. The molecule has 1 heterocycles. The lowest BCUT2D eigenvalue weighted by Crippen LogP contribution is -2.42. The predicted molar refractivity (Wildman–Crippen MR) is 92.5 cm³/mol. The molecule has 2 aliphatic rings. The molecular weight excluding hydrogens is 324 g/mol. The lowest BCUT2D eigenvalue weighted by molar-refractivity contribution is -0.115. The predicted octanol–water partition coefficient (Wildman–Crippen LogP) is 1.21. The van der Waals surface area contributed by atoms with Crippen molar-refractivity contribution in [3.63, 3.8) is 0 Å². The van der Waals surface area contributed by atoms with E-state index in [1.807, 2.05) is 0 Å². The number of amides is 3. The first-order valence-electron chi connectivity index (χ1n) is 8.33. The number of nitrogens with one attached hydrogen (secondary N) is 2. The fourth-order valence-corrected chi connectivity index (χ4v) is 3.24. The molecule has 0 atom stereocenters. The van der Waals surface area contributed by atoms with Gasteiger partial charge in [0.05, 0.1) is 18.5 Å². The SMILES string of the molecule is COC(=O)N1CC(=O)Nc2cc(C(=O)NC3CCC(N)CC3)ccc21. The smallest absolute Gasteiger partial charge is 0.414 e. The van der Waals surface area contributed by atoms with Crippen LogP contribution in [0.25, 0.3) is 0 Å². The quantitative estimate of drug-likeness (QED) is 0.745. The summed E-state index contributed by atoms with van der Waals surface area (Å²) >= 11 is 0. The summed E-state index contributed by atoms with van der Waals surface area (Å²) in [5.74, 6) is -0.538. The third-order valence-corrected chi connectivity index (χ3v) is 4.63. The molecule has 0 aromatic heterocycles. The minimum absolute atomic E-state index is 0.115. The van der Waals surface area contributed by atoms with E-state index in [1.165, 1.54) is 12.0 Å². The Bertz CT molecular complexity index is 698. The summed E-state index contributed by atoms with van der Waals surface area (Å²) in [6.07, 6.45) is 2.92. The molecule has 0 bridgehead atoms. The number of anilines is 2. The number of carbonyl (C=O) groups excluding carboxylic acids is 3. The Labute approximate surface area is 145 Å². The molecule has 1 aliphatic carbocycles. The molecule has 8 nitrogen and oxygen atoms in total. The third-order valence-electron chi connectivity index (χ3n) is 4.63. The van der Waals surface area contributed by atoms with E-state index in [2.05, 4.69) is 10.6 Å². The van der Waals surface area contributed by atoms with E-state index in [9.17, 15) is 14.4 Å². The van der Waals surface area contributed by atoms with Crippen LogP contribution >= 0.6 is 0 Å². The van der Waals surface area contributed by atoms with Crippen molar-refractivity contribution >= 4 is 29.3 Å². The maximum Gasteiger partial charge on any atom is 0.414 e. The minimum Gasteiger partial charge on any atom is -0.452 e. The van der Waals surface area contributed by atoms with Crippen LogP contribution in [0.15, 0.2) is 18.2 Å². The zero-order valence-electron chi connectivity index (χ0n) is 14.1. The first-order chi connectivity index (χ1) is 12.0. The molecule has 0 spiro atoms. The number of hydrogen-bond donors (Lipinski definition) is 3. The van der Waals surface area contributed by atoms with Gasteiger partial charge in [0.25, 0.3) is 5.91 Å². The van der Waals surface area contributed by atoms with Crippen molar-refractivity contribution in [1.82, 2.24) is 5.32 Å². The summed E-state index contributed by atoms with van der Waals surface area (Å²) in [6, 6.07) is 5.18. The van der Waals surface area contributed by atoms with Crippen molar-refractivity contribution < 1.29 is 19.1 Å². The maximum atomic E-state index is 12.5. The first-order valence-corrected chi connectivity index (χ1v) is 8.33. The van der Waals surface area contributed by atoms with Crippen molar-refractivity contribution in [1.29, 1.82) is 0 Å². The summed E-state index contributed by atoms with van der Waals surface area (Å²) in [4.78, 5) is 37.3. The number of ether oxygens (including phenoxy) is 1. The van der Waals surface area contributed by atoms with Gasteiger partial charge in [0.15, 0.2) is 0 Å². The number of hydrogen-bond acceptors (Lipinski definition) is 5. The van der Waals surface area contributed by atoms with Crippen molar-refractivity contribution in [3.8, 4) is 0 Å². The van der Waals surface area contributed by atoms with Gasteiger partial charge in [0.1, 0.15) is 6.54 Å². The number of benzene rings is 1. The minimum atomic E-state index is -0.619. The van der Waals surface area contributed by atoms with Crippen LogP contribution < -0.4 is 21.3 Å². The second-order valence-electron chi connectivity index (χ2n) is 6.42. The second kappa shape index (κ2) is 7.10. The van der Waals surface area contributed by atoms with Gasteiger partial charge >= 0.3 is 6.09 Å². The Hall–Kier alpha value is -2.61. The van der Waals surface area contributed by atoms with Crippen molar-refractivity contribution in [2.75, 3.05) is 23.9 Å². The Morgan fingerprint density at radius 1 is 1.28 bits per heavy atom. The standard InChI is InChI=1S/C17H22N4O4/c1-25-17(24)21-9-15(22)20-13-8-10(2-7-14(13)21)16(23)19-12-5-3-11(18)4-6-12/h2,7-8,11-12H,3-6,9,18H2,1H3,(H,19,23)(H,20,22). The van der Waals surface area contributed by atoms with E-state index in [1.54, 1.807) is 18.2 Å². The van der Waals surface area contributed by atoms with Gasteiger partial charge in [-0.1, -0.05) is 0 Å². The van der Waals surface area contributed by atoms with Gasteiger partial charge in [-0.15, -0.1) is 0 Å². The highest BCUT2D eigenvalue weighted by molar-refractivity contribution is 6.09. The fourth-order valence-electron chi connectivity index (χ4n) is 3.24. The van der Waals surface area contributed by atoms with Gasteiger partial charge in [-0.05, 0) is 43.9 Å². The highest BCUT2D eigenvalue weighted by Crippen LogP contribution is 2.31. The van der Waals surface area contributed by atoms with Crippen LogP contribution in [-0.4, -0.2) is 43.6 Å².